The van der Waals surface area contributed by atoms with Crippen molar-refractivity contribution >= 4 is 15.8 Å². The van der Waals surface area contributed by atoms with Gasteiger partial charge in [-0.3, -0.25) is 0 Å². The average Bonchev–Trinajstić information content (AvgIpc) is 3.28. The number of aromatic nitrogens is 4. The highest BCUT2D eigenvalue weighted by molar-refractivity contribution is 7.89. The zero-order valence-electron chi connectivity index (χ0n) is 16.3. The van der Waals surface area contributed by atoms with Crippen LogP contribution in [0.4, 0.5) is 5.82 Å². The van der Waals surface area contributed by atoms with Crippen LogP contribution in [-0.4, -0.2) is 65.8 Å². The first-order chi connectivity index (χ1) is 14.0. The summed E-state index contributed by atoms with van der Waals surface area (Å²) in [5.74, 6) is 2.43. The Morgan fingerprint density at radius 3 is 2.41 bits per heavy atom. The van der Waals surface area contributed by atoms with E-state index in [-0.39, 0.29) is 4.90 Å². The quantitative estimate of drug-likeness (QED) is 0.624. The van der Waals surface area contributed by atoms with Crippen molar-refractivity contribution in [1.29, 1.82) is 0 Å². The lowest BCUT2D eigenvalue weighted by Gasteiger charge is -2.35. The molecule has 0 radical (unpaired) electrons. The Morgan fingerprint density at radius 2 is 1.72 bits per heavy atom. The lowest BCUT2D eigenvalue weighted by Crippen LogP contribution is -2.49. The number of sulfonamides is 1. The van der Waals surface area contributed by atoms with Gasteiger partial charge in [0.2, 0.25) is 10.0 Å². The van der Waals surface area contributed by atoms with Gasteiger partial charge in [0.05, 0.1) is 7.11 Å². The van der Waals surface area contributed by atoms with Gasteiger partial charge in [0.25, 0.3) is 0 Å². The average molecular weight is 414 g/mol. The maximum absolute atomic E-state index is 13.1. The minimum Gasteiger partial charge on any atom is -0.495 e. The van der Waals surface area contributed by atoms with Gasteiger partial charge in [-0.2, -0.15) is 9.40 Å². The molecule has 1 aliphatic heterocycles. The number of ether oxygens (including phenoxy) is 1. The fraction of sp³-hybridized carbons (Fsp3) is 0.316. The number of methoxy groups -OCH3 is 1. The van der Waals surface area contributed by atoms with Gasteiger partial charge < -0.3 is 9.64 Å². The molecule has 29 heavy (non-hydrogen) atoms. The number of rotatable bonds is 5. The third-order valence-electron chi connectivity index (χ3n) is 4.80. The fourth-order valence-electron chi connectivity index (χ4n) is 3.35. The number of nitrogens with zero attached hydrogens (tertiary/aromatic N) is 6. The summed E-state index contributed by atoms with van der Waals surface area (Å²) < 4.78 is 34.5. The van der Waals surface area contributed by atoms with Crippen molar-refractivity contribution in [2.24, 2.45) is 0 Å². The Morgan fingerprint density at radius 1 is 1.00 bits per heavy atom. The lowest BCUT2D eigenvalue weighted by atomic mass is 10.3. The highest BCUT2D eigenvalue weighted by atomic mass is 32.2. The maximum atomic E-state index is 13.1. The summed E-state index contributed by atoms with van der Waals surface area (Å²) in [5, 5.41) is 4.22. The third-order valence-corrected chi connectivity index (χ3v) is 6.74. The number of anilines is 1. The monoisotopic (exact) mass is 414 g/mol. The van der Waals surface area contributed by atoms with Crippen LogP contribution in [0, 0.1) is 6.92 Å². The molecule has 0 spiro atoms. The zero-order valence-corrected chi connectivity index (χ0v) is 17.1. The molecule has 10 heteroatoms. The van der Waals surface area contributed by atoms with Crippen LogP contribution in [0.15, 0.2) is 53.7 Å². The topological polar surface area (TPSA) is 93.5 Å². The van der Waals surface area contributed by atoms with Gasteiger partial charge in [0.15, 0.2) is 5.82 Å². The van der Waals surface area contributed by atoms with Gasteiger partial charge in [-0.05, 0) is 25.1 Å². The molecule has 1 aliphatic rings. The molecule has 0 aliphatic carbocycles. The molecule has 1 fully saturated rings. The van der Waals surface area contributed by atoms with Crippen molar-refractivity contribution in [3.63, 3.8) is 0 Å². The molecule has 9 nitrogen and oxygen atoms in total. The van der Waals surface area contributed by atoms with Crippen LogP contribution in [0.3, 0.4) is 0 Å². The van der Waals surface area contributed by atoms with Crippen LogP contribution >= 0.6 is 0 Å². The van der Waals surface area contributed by atoms with E-state index >= 15 is 0 Å². The molecule has 0 unspecified atom stereocenters. The molecule has 0 bridgehead atoms. The first-order valence-electron chi connectivity index (χ1n) is 9.23. The number of piperazine rings is 1. The van der Waals surface area contributed by atoms with Crippen LogP contribution in [0.25, 0.3) is 5.82 Å². The number of para-hydroxylation sites is 1. The Kier molecular flexibility index (Phi) is 5.20. The fourth-order valence-corrected chi connectivity index (χ4v) is 4.93. The molecule has 3 heterocycles. The first-order valence-corrected chi connectivity index (χ1v) is 10.7. The molecule has 152 valence electrons. The largest absolute Gasteiger partial charge is 0.495 e. The molecule has 4 rings (SSSR count). The Labute approximate surface area is 169 Å². The van der Waals surface area contributed by atoms with Crippen molar-refractivity contribution in [2.75, 3.05) is 38.2 Å². The summed E-state index contributed by atoms with van der Waals surface area (Å²) in [5.41, 5.74) is 0. The van der Waals surface area contributed by atoms with Crippen molar-refractivity contribution < 1.29 is 13.2 Å². The SMILES string of the molecule is COc1ccccc1S(=O)(=O)N1CCN(c2cc(-n3cccn3)nc(C)n2)CC1. The van der Waals surface area contributed by atoms with Crippen molar-refractivity contribution in [1.82, 2.24) is 24.1 Å². The predicted octanol–water partition coefficient (Wildman–Crippen LogP) is 1.49. The summed E-state index contributed by atoms with van der Waals surface area (Å²) in [6.07, 6.45) is 3.52. The number of hydrogen-bond donors (Lipinski definition) is 0. The molecule has 1 saturated heterocycles. The van der Waals surface area contributed by atoms with Crippen LogP contribution in [0.2, 0.25) is 0 Å². The van der Waals surface area contributed by atoms with Crippen LogP contribution in [-0.2, 0) is 10.0 Å². The number of hydrogen-bond acceptors (Lipinski definition) is 7. The summed E-state index contributed by atoms with van der Waals surface area (Å²) in [7, 11) is -2.15. The van der Waals surface area contributed by atoms with Gasteiger partial charge in [0, 0.05) is 44.6 Å². The number of benzene rings is 1. The summed E-state index contributed by atoms with van der Waals surface area (Å²) in [6, 6.07) is 10.4. The second-order valence-electron chi connectivity index (χ2n) is 6.62. The molecular formula is C19H22N6O3S. The number of aryl methyl sites for hydroxylation is 1. The van der Waals surface area contributed by atoms with E-state index in [1.54, 1.807) is 35.1 Å². The van der Waals surface area contributed by atoms with Crippen molar-refractivity contribution in [2.45, 2.75) is 11.8 Å². The summed E-state index contributed by atoms with van der Waals surface area (Å²) in [4.78, 5) is 11.2. The van der Waals surface area contributed by atoms with Crippen LogP contribution in [0.5, 0.6) is 5.75 Å². The summed E-state index contributed by atoms with van der Waals surface area (Å²) >= 11 is 0. The van der Waals surface area contributed by atoms with E-state index in [1.165, 1.54) is 11.4 Å². The van der Waals surface area contributed by atoms with Gasteiger partial charge in [-0.25, -0.2) is 23.1 Å². The van der Waals surface area contributed by atoms with E-state index in [0.717, 1.165) is 5.82 Å². The molecule has 1 aromatic carbocycles. The van der Waals surface area contributed by atoms with E-state index in [4.69, 9.17) is 4.74 Å². The van der Waals surface area contributed by atoms with Crippen molar-refractivity contribution in [3.8, 4) is 11.6 Å². The smallest absolute Gasteiger partial charge is 0.246 e. The normalized spacial score (nSPS) is 15.4. The van der Waals surface area contributed by atoms with Gasteiger partial charge >= 0.3 is 0 Å². The third kappa shape index (κ3) is 3.81. The Balaban J connectivity index is 1.53. The standard InChI is InChI=1S/C19H22N6O3S/c1-15-21-18(14-19(22-15)25-9-5-8-20-25)23-10-12-24(13-11-23)29(26,27)17-7-4-3-6-16(17)28-2/h3-9,14H,10-13H2,1-2H3. The highest BCUT2D eigenvalue weighted by Gasteiger charge is 2.31. The van der Waals surface area contributed by atoms with Crippen LogP contribution in [0.1, 0.15) is 5.82 Å². The minimum atomic E-state index is -3.63. The molecule has 0 saturated carbocycles. The van der Waals surface area contributed by atoms with E-state index in [2.05, 4.69) is 20.0 Å². The van der Waals surface area contributed by atoms with E-state index < -0.39 is 10.0 Å². The van der Waals surface area contributed by atoms with E-state index in [9.17, 15) is 8.42 Å². The van der Waals surface area contributed by atoms with E-state index in [1.807, 2.05) is 25.3 Å². The summed E-state index contributed by atoms with van der Waals surface area (Å²) in [6.45, 7) is 3.62. The van der Waals surface area contributed by atoms with Crippen LogP contribution < -0.4 is 9.64 Å². The van der Waals surface area contributed by atoms with Gasteiger partial charge in [-0.15, -0.1) is 0 Å². The second kappa shape index (κ2) is 7.80. The highest BCUT2D eigenvalue weighted by Crippen LogP contribution is 2.27. The molecule has 0 amide bonds. The van der Waals surface area contributed by atoms with Gasteiger partial charge in [0.1, 0.15) is 22.3 Å². The second-order valence-corrected chi connectivity index (χ2v) is 8.53. The Bertz CT molecular complexity index is 1090. The first kappa shape index (κ1) is 19.3. The molecular weight excluding hydrogens is 392 g/mol. The Hall–Kier alpha value is -2.98. The van der Waals surface area contributed by atoms with Gasteiger partial charge in [-0.1, -0.05) is 12.1 Å². The lowest BCUT2D eigenvalue weighted by molar-refractivity contribution is 0.373. The molecule has 3 aromatic rings. The molecule has 0 N–H and O–H groups in total. The predicted molar refractivity (Wildman–Crippen MR) is 108 cm³/mol. The van der Waals surface area contributed by atoms with E-state index in [0.29, 0.717) is 43.6 Å². The maximum Gasteiger partial charge on any atom is 0.246 e. The minimum absolute atomic E-state index is 0.190. The molecule has 2 aromatic heterocycles. The zero-order chi connectivity index (χ0) is 20.4. The molecule has 0 atom stereocenters. The van der Waals surface area contributed by atoms with Crippen molar-refractivity contribution in [3.05, 3.63) is 54.6 Å².